The van der Waals surface area contributed by atoms with E-state index in [1.54, 1.807) is 6.20 Å². The number of carboxylic acid groups (broad SMARTS) is 1. The largest absolute Gasteiger partial charge is 0.465 e. The molecule has 2 aromatic rings. The molecular weight excluding hydrogens is 426 g/mol. The molecule has 0 radical (unpaired) electrons. The molecule has 7 nitrogen and oxygen atoms in total. The van der Waals surface area contributed by atoms with Gasteiger partial charge in [-0.15, -0.1) is 0 Å². The molecule has 34 heavy (non-hydrogen) atoms. The Bertz CT molecular complexity index is 1100. The maximum absolute atomic E-state index is 12.1. The first-order valence-corrected chi connectivity index (χ1v) is 12.0. The molecule has 2 aliphatic rings. The Balaban J connectivity index is 1.42. The van der Waals surface area contributed by atoms with Gasteiger partial charge in [-0.2, -0.15) is 5.26 Å². The number of nitriles is 1. The lowest BCUT2D eigenvalue weighted by atomic mass is 9.66. The summed E-state index contributed by atoms with van der Waals surface area (Å²) in [6.45, 7) is 2.83. The van der Waals surface area contributed by atoms with Crippen molar-refractivity contribution in [2.45, 2.75) is 45.4 Å². The van der Waals surface area contributed by atoms with Crippen molar-refractivity contribution >= 4 is 29.5 Å². The van der Waals surface area contributed by atoms with E-state index in [4.69, 9.17) is 0 Å². The predicted octanol–water partition coefficient (Wildman–Crippen LogP) is 5.67. The van der Waals surface area contributed by atoms with Crippen LogP contribution < -0.4 is 9.80 Å². The van der Waals surface area contributed by atoms with Crippen LogP contribution in [0.5, 0.6) is 0 Å². The van der Waals surface area contributed by atoms with Crippen molar-refractivity contribution in [1.29, 1.82) is 5.26 Å². The van der Waals surface area contributed by atoms with E-state index in [0.29, 0.717) is 29.6 Å². The number of hydrogen-bond acceptors (Lipinski definition) is 5. The molecule has 7 heteroatoms. The molecule has 1 N–H and O–H groups in total. The minimum atomic E-state index is -0.934. The van der Waals surface area contributed by atoms with Gasteiger partial charge in [-0.1, -0.05) is 13.3 Å². The molecule has 2 heterocycles. The molecule has 3 atom stereocenters. The fourth-order valence-corrected chi connectivity index (χ4v) is 5.64. The second-order valence-corrected chi connectivity index (χ2v) is 10.3. The summed E-state index contributed by atoms with van der Waals surface area (Å²) in [5, 5.41) is 19.1. The van der Waals surface area contributed by atoms with Crippen molar-refractivity contribution in [1.82, 2.24) is 4.98 Å². The van der Waals surface area contributed by atoms with E-state index in [-0.39, 0.29) is 5.41 Å². The molecule has 1 fully saturated rings. The van der Waals surface area contributed by atoms with Gasteiger partial charge in [0.15, 0.2) is 0 Å². The Labute approximate surface area is 201 Å². The number of fused-ring (bicyclic) bond motifs is 1. The third-order valence-electron chi connectivity index (χ3n) is 7.22. The van der Waals surface area contributed by atoms with Gasteiger partial charge in [0.2, 0.25) is 0 Å². The minimum absolute atomic E-state index is 0.140. The minimum Gasteiger partial charge on any atom is -0.465 e. The van der Waals surface area contributed by atoms with Crippen LogP contribution in [0.1, 0.15) is 50.2 Å². The van der Waals surface area contributed by atoms with Crippen molar-refractivity contribution in [2.75, 3.05) is 30.4 Å². The molecule has 1 aliphatic heterocycles. The summed E-state index contributed by atoms with van der Waals surface area (Å²) in [7, 11) is 3.83. The van der Waals surface area contributed by atoms with Gasteiger partial charge in [-0.25, -0.2) is 9.78 Å². The van der Waals surface area contributed by atoms with Crippen molar-refractivity contribution in [3.63, 3.8) is 0 Å². The van der Waals surface area contributed by atoms with Crippen LogP contribution in [0.2, 0.25) is 0 Å². The summed E-state index contributed by atoms with van der Waals surface area (Å²) in [6.07, 6.45) is 8.99. The van der Waals surface area contributed by atoms with Gasteiger partial charge >= 0.3 is 6.09 Å². The van der Waals surface area contributed by atoms with Crippen molar-refractivity contribution in [3.05, 3.63) is 47.7 Å². The monoisotopic (exact) mass is 459 g/mol. The molecule has 1 saturated carbocycles. The zero-order valence-corrected chi connectivity index (χ0v) is 20.2. The second-order valence-electron chi connectivity index (χ2n) is 10.3. The summed E-state index contributed by atoms with van der Waals surface area (Å²) >= 11 is 0. The third-order valence-corrected chi connectivity index (χ3v) is 7.22. The summed E-state index contributed by atoms with van der Waals surface area (Å²) in [6, 6.07) is 11.6. The van der Waals surface area contributed by atoms with E-state index in [1.165, 1.54) is 4.90 Å². The first-order valence-electron chi connectivity index (χ1n) is 12.0. The number of amides is 1. The zero-order chi connectivity index (χ0) is 24.3. The lowest BCUT2D eigenvalue weighted by molar-refractivity contribution is 0.134. The van der Waals surface area contributed by atoms with Gasteiger partial charge in [-0.3, -0.25) is 9.89 Å². The Morgan fingerprint density at radius 1 is 1.29 bits per heavy atom. The lowest BCUT2D eigenvalue weighted by Crippen LogP contribution is -2.38. The van der Waals surface area contributed by atoms with Crippen LogP contribution in [-0.4, -0.2) is 43.0 Å². The number of benzene rings is 1. The molecule has 1 aliphatic carbocycles. The molecule has 1 aromatic carbocycles. The second kappa shape index (κ2) is 9.84. The molecule has 1 aromatic heterocycles. The average molecular weight is 460 g/mol. The molecular formula is C27H33N5O2. The predicted molar refractivity (Wildman–Crippen MR) is 135 cm³/mol. The number of rotatable bonds is 6. The lowest BCUT2D eigenvalue weighted by Gasteiger charge is -2.41. The van der Waals surface area contributed by atoms with Gasteiger partial charge in [0.1, 0.15) is 5.82 Å². The van der Waals surface area contributed by atoms with Crippen LogP contribution in [0, 0.1) is 28.6 Å². The number of nitrogens with zero attached hydrogens (tertiary/aromatic N) is 5. The number of aromatic nitrogens is 1. The molecule has 178 valence electrons. The highest BCUT2D eigenvalue weighted by atomic mass is 16.4. The van der Waals surface area contributed by atoms with Gasteiger partial charge < -0.3 is 10.0 Å². The number of pyridine rings is 1. The Kier molecular flexibility index (Phi) is 6.87. The zero-order valence-electron chi connectivity index (χ0n) is 20.2. The number of carbonyl (C=O) groups is 1. The molecule has 0 bridgehead atoms. The van der Waals surface area contributed by atoms with Crippen LogP contribution in [0.25, 0.3) is 0 Å². The summed E-state index contributed by atoms with van der Waals surface area (Å²) in [5.41, 5.74) is 3.55. The summed E-state index contributed by atoms with van der Waals surface area (Å²) < 4.78 is 0. The van der Waals surface area contributed by atoms with Gasteiger partial charge in [-0.05, 0) is 85.3 Å². The standard InChI is InChI=1S/C27H33N5O2/c1-27(14-21-12-22-11-19(15-28)6-8-24(22)29-16-21)10-4-5-20(13-27)18-32(26(33)34)23-7-9-25(30-17-23)31(2)3/h6-9,11,16-17,20-21H,4-5,10,12-14,18H2,1-3H3,(H,33,34)/t20?,21?,27-/m0/s1. The Morgan fingerprint density at radius 2 is 2.12 bits per heavy atom. The van der Waals surface area contributed by atoms with Crippen molar-refractivity contribution < 1.29 is 9.90 Å². The first-order chi connectivity index (χ1) is 16.3. The van der Waals surface area contributed by atoms with Crippen molar-refractivity contribution in [3.8, 4) is 6.07 Å². The first kappa shape index (κ1) is 23.7. The Morgan fingerprint density at radius 3 is 2.79 bits per heavy atom. The summed E-state index contributed by atoms with van der Waals surface area (Å²) in [5.74, 6) is 1.45. The number of hydrogen-bond donors (Lipinski definition) is 1. The van der Waals surface area contributed by atoms with Crippen LogP contribution >= 0.6 is 0 Å². The average Bonchev–Trinajstić information content (AvgIpc) is 2.81. The van der Waals surface area contributed by atoms with Crippen molar-refractivity contribution in [2.24, 2.45) is 22.2 Å². The van der Waals surface area contributed by atoms with E-state index < -0.39 is 6.09 Å². The summed E-state index contributed by atoms with van der Waals surface area (Å²) in [4.78, 5) is 24.5. The molecule has 2 unspecified atom stereocenters. The molecule has 1 amide bonds. The fourth-order valence-electron chi connectivity index (χ4n) is 5.64. The van der Waals surface area contributed by atoms with Crippen LogP contribution in [0.4, 0.5) is 22.0 Å². The van der Waals surface area contributed by atoms with Gasteiger partial charge in [0, 0.05) is 26.9 Å². The fraction of sp³-hybridized carbons (Fsp3) is 0.481. The highest BCUT2D eigenvalue weighted by molar-refractivity contribution is 5.85. The number of anilines is 2. The van der Waals surface area contributed by atoms with Crippen LogP contribution in [0.3, 0.4) is 0 Å². The molecule has 0 saturated heterocycles. The highest BCUT2D eigenvalue weighted by Crippen LogP contribution is 2.45. The molecule has 0 spiro atoms. The van der Waals surface area contributed by atoms with E-state index in [0.717, 1.165) is 55.6 Å². The smallest absolute Gasteiger partial charge is 0.411 e. The van der Waals surface area contributed by atoms with E-state index in [2.05, 4.69) is 29.2 Å². The van der Waals surface area contributed by atoms with E-state index in [9.17, 15) is 15.2 Å². The van der Waals surface area contributed by atoms with E-state index >= 15 is 0 Å². The third kappa shape index (κ3) is 5.39. The SMILES string of the molecule is CN(C)c1ccc(N(CC2CCC[C@](C)(CC3C=Nc4ccc(C#N)cc4C3)C2)C(=O)O)cn1. The van der Waals surface area contributed by atoms with Gasteiger partial charge in [0.05, 0.1) is 29.2 Å². The van der Waals surface area contributed by atoms with Crippen LogP contribution in [-0.2, 0) is 6.42 Å². The topological polar surface area (TPSA) is 92.8 Å². The van der Waals surface area contributed by atoms with E-state index in [1.807, 2.05) is 49.3 Å². The highest BCUT2D eigenvalue weighted by Gasteiger charge is 2.36. The molecule has 4 rings (SSSR count). The quantitative estimate of drug-likeness (QED) is 0.601. The number of aliphatic imine (C=N–C) groups is 1. The maximum Gasteiger partial charge on any atom is 0.411 e. The maximum atomic E-state index is 12.1. The normalized spacial score (nSPS) is 23.6. The van der Waals surface area contributed by atoms with Crippen LogP contribution in [0.15, 0.2) is 41.5 Å². The Hall–Kier alpha value is -3.40. The van der Waals surface area contributed by atoms with Gasteiger partial charge in [0.25, 0.3) is 0 Å².